The van der Waals surface area contributed by atoms with Gasteiger partial charge in [0.1, 0.15) is 12.4 Å². The van der Waals surface area contributed by atoms with Crippen molar-refractivity contribution in [2.75, 3.05) is 30.0 Å². The van der Waals surface area contributed by atoms with Gasteiger partial charge in [0.05, 0.1) is 25.0 Å². The second-order valence-corrected chi connectivity index (χ2v) is 10.8. The highest BCUT2D eigenvalue weighted by atomic mass is 32.2. The third-order valence-electron chi connectivity index (χ3n) is 5.26. The highest BCUT2D eigenvalue weighted by Gasteiger charge is 2.18. The van der Waals surface area contributed by atoms with Gasteiger partial charge in [0, 0.05) is 10.5 Å². The molecule has 0 saturated carbocycles. The number of anilines is 1. The number of carbonyl (C=O) groups excluding carboxylic acids is 1. The predicted octanol–water partition coefficient (Wildman–Crippen LogP) is 4.80. The zero-order chi connectivity index (χ0) is 24.7. The molecule has 0 radical (unpaired) electrons. The van der Waals surface area contributed by atoms with Crippen molar-refractivity contribution in [3.63, 3.8) is 0 Å². The van der Waals surface area contributed by atoms with Crippen LogP contribution in [0.1, 0.15) is 27.0 Å². The van der Waals surface area contributed by atoms with E-state index < -0.39 is 10.0 Å². The summed E-state index contributed by atoms with van der Waals surface area (Å²) >= 11 is 1.56. The fraction of sp³-hybridized carbons (Fsp3) is 0.269. The maximum atomic E-state index is 12.5. The van der Waals surface area contributed by atoms with E-state index in [4.69, 9.17) is 4.74 Å². The number of amides is 1. The van der Waals surface area contributed by atoms with Gasteiger partial charge in [0.25, 0.3) is 5.91 Å². The number of nitrogens with one attached hydrogen (secondary N) is 1. The van der Waals surface area contributed by atoms with Gasteiger partial charge in [-0.05, 0) is 67.6 Å². The third kappa shape index (κ3) is 7.01. The number of rotatable bonds is 10. The molecule has 3 aromatic carbocycles. The Hall–Kier alpha value is -2.97. The van der Waals surface area contributed by atoms with Crippen molar-refractivity contribution in [1.29, 1.82) is 0 Å². The number of nitrogens with zero attached hydrogens (tertiary/aromatic N) is 1. The van der Waals surface area contributed by atoms with Crippen molar-refractivity contribution in [2.45, 2.75) is 25.3 Å². The first kappa shape index (κ1) is 25.6. The molecule has 6 nitrogen and oxygen atoms in total. The summed E-state index contributed by atoms with van der Waals surface area (Å²) in [5.41, 5.74) is 4.14. The van der Waals surface area contributed by atoms with Crippen molar-refractivity contribution >= 4 is 33.4 Å². The summed E-state index contributed by atoms with van der Waals surface area (Å²) in [7, 11) is -3.48. The number of sulfonamides is 1. The van der Waals surface area contributed by atoms with Crippen LogP contribution in [0.15, 0.2) is 71.6 Å². The minimum absolute atomic E-state index is 0.183. The second kappa shape index (κ2) is 11.4. The van der Waals surface area contributed by atoms with E-state index in [1.165, 1.54) is 16.1 Å². The molecule has 0 aliphatic carbocycles. The van der Waals surface area contributed by atoms with E-state index in [9.17, 15) is 13.2 Å². The lowest BCUT2D eigenvalue weighted by Crippen LogP contribution is -2.29. The van der Waals surface area contributed by atoms with Gasteiger partial charge < -0.3 is 10.1 Å². The molecule has 180 valence electrons. The fourth-order valence-corrected chi connectivity index (χ4v) is 4.82. The number of hydrogen-bond donors (Lipinski definition) is 1. The van der Waals surface area contributed by atoms with E-state index in [2.05, 4.69) is 11.4 Å². The van der Waals surface area contributed by atoms with Gasteiger partial charge in [-0.3, -0.25) is 9.10 Å². The van der Waals surface area contributed by atoms with E-state index in [1.54, 1.807) is 42.1 Å². The fourth-order valence-electron chi connectivity index (χ4n) is 3.48. The number of carbonyl (C=O) groups is 1. The van der Waals surface area contributed by atoms with Crippen LogP contribution in [-0.4, -0.2) is 40.0 Å². The Bertz CT molecular complexity index is 1240. The van der Waals surface area contributed by atoms with Crippen molar-refractivity contribution in [3.8, 4) is 5.75 Å². The van der Waals surface area contributed by atoms with Crippen molar-refractivity contribution in [1.82, 2.24) is 5.32 Å². The normalized spacial score (nSPS) is 11.2. The summed E-state index contributed by atoms with van der Waals surface area (Å²) in [4.78, 5) is 13.5. The molecule has 1 amide bonds. The molecule has 3 aromatic rings. The average Bonchev–Trinajstić information content (AvgIpc) is 2.81. The molecule has 0 atom stereocenters. The van der Waals surface area contributed by atoms with E-state index in [0.717, 1.165) is 21.8 Å². The minimum Gasteiger partial charge on any atom is -0.491 e. The van der Waals surface area contributed by atoms with Gasteiger partial charge in [0.2, 0.25) is 10.0 Å². The second-order valence-electron chi connectivity index (χ2n) is 8.04. The molecule has 1 N–H and O–H groups in total. The van der Waals surface area contributed by atoms with Crippen LogP contribution in [-0.2, 0) is 16.6 Å². The first-order chi connectivity index (χ1) is 16.2. The topological polar surface area (TPSA) is 75.7 Å². The maximum absolute atomic E-state index is 12.5. The van der Waals surface area contributed by atoms with E-state index in [1.807, 2.05) is 50.4 Å². The lowest BCUT2D eigenvalue weighted by Gasteiger charge is -2.23. The van der Waals surface area contributed by atoms with E-state index in [-0.39, 0.29) is 12.5 Å². The van der Waals surface area contributed by atoms with Crippen molar-refractivity contribution < 1.29 is 17.9 Å². The predicted molar refractivity (Wildman–Crippen MR) is 139 cm³/mol. The largest absolute Gasteiger partial charge is 0.491 e. The summed E-state index contributed by atoms with van der Waals surface area (Å²) < 4.78 is 32.0. The highest BCUT2D eigenvalue weighted by molar-refractivity contribution is 7.98. The number of aryl methyl sites for hydroxylation is 2. The van der Waals surface area contributed by atoms with Crippen LogP contribution in [0.25, 0.3) is 0 Å². The standard InChI is InChI=1S/C26H30N2O4S2/c1-19-8-13-25(20(2)16-19)32-15-14-27-26(29)22-11-9-21(10-12-22)18-28(34(4,30)31)23-6-5-7-24(17-23)33-3/h5-13,16-17H,14-15,18H2,1-4H3,(H,27,29). The highest BCUT2D eigenvalue weighted by Crippen LogP contribution is 2.25. The summed E-state index contributed by atoms with van der Waals surface area (Å²) in [5, 5.41) is 2.85. The quantitative estimate of drug-likeness (QED) is 0.321. The SMILES string of the molecule is CSc1cccc(N(Cc2ccc(C(=O)NCCOc3ccc(C)cc3C)cc2)S(C)(=O)=O)c1. The molecule has 0 fully saturated rings. The average molecular weight is 499 g/mol. The molecule has 0 saturated heterocycles. The van der Waals surface area contributed by atoms with Gasteiger partial charge in [-0.15, -0.1) is 11.8 Å². The van der Waals surface area contributed by atoms with Gasteiger partial charge in [-0.2, -0.15) is 0 Å². The third-order valence-corrected chi connectivity index (χ3v) is 7.13. The number of thioether (sulfide) groups is 1. The first-order valence-corrected chi connectivity index (χ1v) is 13.9. The number of ether oxygens (including phenoxy) is 1. The summed E-state index contributed by atoms with van der Waals surface area (Å²) in [6, 6.07) is 20.4. The smallest absolute Gasteiger partial charge is 0.251 e. The molecular weight excluding hydrogens is 468 g/mol. The molecule has 0 aliphatic rings. The zero-order valence-corrected chi connectivity index (χ0v) is 21.5. The van der Waals surface area contributed by atoms with Crippen LogP contribution in [0.4, 0.5) is 5.69 Å². The van der Waals surface area contributed by atoms with E-state index >= 15 is 0 Å². The Morgan fingerprint density at radius 3 is 2.41 bits per heavy atom. The van der Waals surface area contributed by atoms with Crippen LogP contribution in [0, 0.1) is 13.8 Å². The summed E-state index contributed by atoms with van der Waals surface area (Å²) in [6.07, 6.45) is 3.14. The molecule has 34 heavy (non-hydrogen) atoms. The van der Waals surface area contributed by atoms with Crippen molar-refractivity contribution in [3.05, 3.63) is 89.0 Å². The minimum atomic E-state index is -3.48. The summed E-state index contributed by atoms with van der Waals surface area (Å²) in [6.45, 7) is 4.95. The number of benzene rings is 3. The zero-order valence-electron chi connectivity index (χ0n) is 19.9. The first-order valence-electron chi connectivity index (χ1n) is 10.9. The Labute approximate surface area is 206 Å². The van der Waals surface area contributed by atoms with Gasteiger partial charge >= 0.3 is 0 Å². The molecule has 0 aliphatic heterocycles. The Balaban J connectivity index is 1.59. The van der Waals surface area contributed by atoms with Gasteiger partial charge in [-0.1, -0.05) is 35.9 Å². The lowest BCUT2D eigenvalue weighted by atomic mass is 10.1. The molecule has 0 bridgehead atoms. The lowest BCUT2D eigenvalue weighted by molar-refractivity contribution is 0.0947. The Morgan fingerprint density at radius 2 is 1.76 bits per heavy atom. The molecule has 3 rings (SSSR count). The number of hydrogen-bond acceptors (Lipinski definition) is 5. The van der Waals surface area contributed by atoms with Crippen LogP contribution >= 0.6 is 11.8 Å². The van der Waals surface area contributed by atoms with Crippen LogP contribution in [0.3, 0.4) is 0 Å². The van der Waals surface area contributed by atoms with Crippen LogP contribution in [0.5, 0.6) is 5.75 Å². The Kier molecular flexibility index (Phi) is 8.63. The molecule has 0 heterocycles. The van der Waals surface area contributed by atoms with Crippen LogP contribution < -0.4 is 14.4 Å². The maximum Gasteiger partial charge on any atom is 0.251 e. The molecule has 0 spiro atoms. The molecular formula is C26H30N2O4S2. The monoisotopic (exact) mass is 498 g/mol. The molecule has 8 heteroatoms. The molecule has 0 unspecified atom stereocenters. The van der Waals surface area contributed by atoms with Gasteiger partial charge in [-0.25, -0.2) is 8.42 Å². The van der Waals surface area contributed by atoms with Gasteiger partial charge in [0.15, 0.2) is 0 Å². The van der Waals surface area contributed by atoms with E-state index in [0.29, 0.717) is 24.4 Å². The van der Waals surface area contributed by atoms with Crippen LogP contribution in [0.2, 0.25) is 0 Å². The Morgan fingerprint density at radius 1 is 1.03 bits per heavy atom. The summed E-state index contributed by atoms with van der Waals surface area (Å²) in [5.74, 6) is 0.603. The molecule has 0 aromatic heterocycles. The van der Waals surface area contributed by atoms with Crippen molar-refractivity contribution in [2.24, 2.45) is 0 Å².